The number of hydrogen-bond acceptors (Lipinski definition) is 12. The first-order chi connectivity index (χ1) is 28.5. The molecule has 0 aromatic heterocycles. The van der Waals surface area contributed by atoms with E-state index in [1.54, 1.807) is 6.07 Å². The number of amides is 1. The molecule has 19 heteroatoms. The fourth-order valence-electron chi connectivity index (χ4n) is 7.43. The maximum Gasteiger partial charge on any atom is 1.00 e. The van der Waals surface area contributed by atoms with Gasteiger partial charge in [0, 0.05) is 82.5 Å². The molecule has 0 unspecified atom stereocenters. The number of para-hydroxylation sites is 1. The largest absolute Gasteiger partial charge is 1.00 e. The van der Waals surface area contributed by atoms with Crippen molar-refractivity contribution >= 4 is 43.2 Å². The molecule has 4 rings (SSSR count). The maximum atomic E-state index is 13.2. The summed E-state index contributed by atoms with van der Waals surface area (Å²) in [4.78, 5) is 18.0. The number of benzene rings is 2. The van der Waals surface area contributed by atoms with E-state index in [0.29, 0.717) is 77.7 Å². The molecule has 2 aromatic carbocycles. The second-order valence-corrected chi connectivity index (χ2v) is 18.5. The summed E-state index contributed by atoms with van der Waals surface area (Å²) in [6.45, 7) is 12.1. The summed E-state index contributed by atoms with van der Waals surface area (Å²) in [6.07, 6.45) is 11.4. The van der Waals surface area contributed by atoms with Crippen LogP contribution >= 0.6 is 0 Å². The summed E-state index contributed by atoms with van der Waals surface area (Å²) >= 11 is 0. The minimum absolute atomic E-state index is 0. The number of rotatable bonds is 26. The van der Waals surface area contributed by atoms with E-state index in [4.69, 9.17) is 19.7 Å². The number of hydrogen-bond donors (Lipinski definition) is 1. The third kappa shape index (κ3) is 15.7. The van der Waals surface area contributed by atoms with E-state index in [9.17, 15) is 30.7 Å². The first-order valence-electron chi connectivity index (χ1n) is 20.1. The Kier molecular flexibility index (Phi) is 20.8. The average molecular weight is 893 g/mol. The molecule has 0 saturated heterocycles. The van der Waals surface area contributed by atoms with E-state index in [2.05, 4.69) is 64.7 Å². The number of unbranched alkanes of at least 4 members (excludes halogenated alkanes) is 2. The van der Waals surface area contributed by atoms with Gasteiger partial charge in [-0.3, -0.25) is 4.79 Å². The standard InChI is InChI=1S/C42H58N6O10S2.Na/c1-41(2)34-14-8-9-15-36(34)47(22-10-12-30-59(50,51)52)38(41)16-6-5-7-17-39-42(3,4)35-32-33(18-19-37(35)48(39)23-11-13-31-60(53,54)55)40(49)44-20-24-56-26-28-58-29-27-57-25-21-45-46-43;/h5-9,14-19,32H,10-13,20-31H2,1-4H3,(H2-,44,49,50,51,52,53,54,55);/q;+1/p-1. The molecule has 0 atom stereocenters. The number of azide groups is 1. The molecule has 0 aliphatic carbocycles. The number of carbonyl (C=O) groups is 1. The number of nitrogens with zero attached hydrogens (tertiary/aromatic N) is 5. The summed E-state index contributed by atoms with van der Waals surface area (Å²) in [7, 11) is -8.63. The Labute approximate surface area is 382 Å². The van der Waals surface area contributed by atoms with Crippen LogP contribution in [0.25, 0.3) is 10.4 Å². The normalized spacial score (nSPS) is 16.2. The van der Waals surface area contributed by atoms with Crippen molar-refractivity contribution < 1.29 is 79.1 Å². The van der Waals surface area contributed by atoms with E-state index in [-0.39, 0.29) is 60.3 Å². The minimum Gasteiger partial charge on any atom is -0.748 e. The summed E-state index contributed by atoms with van der Waals surface area (Å²) < 4.78 is 86.1. The summed E-state index contributed by atoms with van der Waals surface area (Å²) in [5, 5.41) is 6.29. The summed E-state index contributed by atoms with van der Waals surface area (Å²) in [5.74, 6) is -1.09. The van der Waals surface area contributed by atoms with E-state index in [1.807, 2.05) is 54.6 Å². The Morgan fingerprint density at radius 1 is 0.836 bits per heavy atom. The number of anilines is 1. The topological polar surface area (TPSA) is 226 Å². The Morgan fingerprint density at radius 2 is 1.48 bits per heavy atom. The van der Waals surface area contributed by atoms with Crippen molar-refractivity contribution in [1.29, 1.82) is 0 Å². The molecule has 0 saturated carbocycles. The molecule has 2 aromatic rings. The van der Waals surface area contributed by atoms with Crippen molar-refractivity contribution in [3.05, 3.63) is 106 Å². The molecule has 0 spiro atoms. The van der Waals surface area contributed by atoms with Crippen LogP contribution < -0.4 is 39.8 Å². The van der Waals surface area contributed by atoms with Crippen LogP contribution in [0.4, 0.5) is 11.4 Å². The molecule has 2 aliphatic rings. The number of allylic oxidation sites excluding steroid dienone is 6. The fraction of sp³-hybridized carbons (Fsp3) is 0.524. The van der Waals surface area contributed by atoms with Crippen molar-refractivity contribution in [3.63, 3.8) is 0 Å². The average Bonchev–Trinajstić information content (AvgIpc) is 3.53. The molecule has 2 aliphatic heterocycles. The second kappa shape index (κ2) is 24.5. The van der Waals surface area contributed by atoms with Crippen LogP contribution in [0.5, 0.6) is 0 Å². The van der Waals surface area contributed by atoms with Gasteiger partial charge in [0.1, 0.15) is 6.54 Å². The van der Waals surface area contributed by atoms with Crippen LogP contribution in [0.1, 0.15) is 74.9 Å². The molecule has 61 heavy (non-hydrogen) atoms. The molecule has 0 bridgehead atoms. The minimum atomic E-state index is -4.34. The van der Waals surface area contributed by atoms with Gasteiger partial charge in [-0.1, -0.05) is 55.4 Å². The smallest absolute Gasteiger partial charge is 0.748 e. The van der Waals surface area contributed by atoms with Gasteiger partial charge >= 0.3 is 29.6 Å². The molecule has 2 heterocycles. The van der Waals surface area contributed by atoms with E-state index < -0.39 is 37.2 Å². The Balaban J connectivity index is 0.00000992. The van der Waals surface area contributed by atoms with Gasteiger partial charge in [-0.15, -0.1) is 0 Å². The molecule has 328 valence electrons. The molecular weight excluding hydrogens is 836 g/mol. The van der Waals surface area contributed by atoms with Crippen molar-refractivity contribution in [1.82, 2.24) is 5.32 Å². The van der Waals surface area contributed by atoms with Crippen LogP contribution in [0.3, 0.4) is 0 Å². The van der Waals surface area contributed by atoms with Crippen molar-refractivity contribution in [2.45, 2.75) is 64.2 Å². The monoisotopic (exact) mass is 892 g/mol. The van der Waals surface area contributed by atoms with E-state index in [1.165, 1.54) is 0 Å². The van der Waals surface area contributed by atoms with Gasteiger partial charge in [-0.25, -0.2) is 16.8 Å². The van der Waals surface area contributed by atoms with Crippen LogP contribution in [0.15, 0.2) is 83.7 Å². The number of fused-ring (bicyclic) bond motifs is 2. The van der Waals surface area contributed by atoms with Gasteiger partial charge in [-0.05, 0) is 68.5 Å². The van der Waals surface area contributed by atoms with Crippen molar-refractivity contribution in [3.8, 4) is 0 Å². The zero-order chi connectivity index (χ0) is 43.8. The van der Waals surface area contributed by atoms with Gasteiger partial charge in [0.2, 0.25) is 5.69 Å². The predicted molar refractivity (Wildman–Crippen MR) is 229 cm³/mol. The number of ether oxygens (including phenoxy) is 3. The summed E-state index contributed by atoms with van der Waals surface area (Å²) in [5.41, 5.74) is 13.9. The zero-order valence-corrected chi connectivity index (χ0v) is 39.5. The second-order valence-electron chi connectivity index (χ2n) is 15.5. The Morgan fingerprint density at radius 3 is 2.15 bits per heavy atom. The van der Waals surface area contributed by atoms with Gasteiger partial charge in [-0.2, -0.15) is 4.58 Å². The van der Waals surface area contributed by atoms with Crippen molar-refractivity contribution in [2.24, 2.45) is 5.11 Å². The quantitative estimate of drug-likeness (QED) is 0.0211. The summed E-state index contributed by atoms with van der Waals surface area (Å²) in [6, 6.07) is 13.6. The van der Waals surface area contributed by atoms with Crippen molar-refractivity contribution in [2.75, 3.05) is 82.2 Å². The molecular formula is C42H57N6NaO10S2. The fourth-order valence-corrected chi connectivity index (χ4v) is 8.54. The molecule has 1 amide bonds. The first-order valence-corrected chi connectivity index (χ1v) is 23.2. The van der Waals surface area contributed by atoms with Crippen LogP contribution in [0.2, 0.25) is 0 Å². The number of nitrogens with one attached hydrogen (secondary N) is 1. The Hall–Kier alpha value is -3.39. The predicted octanol–water partition coefficient (Wildman–Crippen LogP) is 2.60. The zero-order valence-electron chi connectivity index (χ0n) is 35.9. The molecule has 16 nitrogen and oxygen atoms in total. The van der Waals surface area contributed by atoms with Crippen LogP contribution in [-0.2, 0) is 45.3 Å². The SMILES string of the molecule is CC1(C)C(/C=C/C=C/C=C2/N(CCCCS(=O)(=O)[O-])c3ccc(C(=O)NCCOCCOCCOCCN=[N+]=[N-])cc3C2(C)C)=[N+](CCCCS(=O)(=O)[O-])c2ccccc21.[Na+]. The van der Waals surface area contributed by atoms with E-state index >= 15 is 0 Å². The third-order valence-electron chi connectivity index (χ3n) is 10.4. The van der Waals surface area contributed by atoms with Crippen LogP contribution in [-0.4, -0.2) is 119 Å². The molecule has 0 fully saturated rings. The Bertz CT molecular complexity index is 2200. The molecule has 0 radical (unpaired) electrons. The van der Waals surface area contributed by atoms with Gasteiger partial charge in [0.25, 0.3) is 5.91 Å². The van der Waals surface area contributed by atoms with Gasteiger partial charge in [0.15, 0.2) is 5.71 Å². The molecule has 1 N–H and O–H groups in total. The third-order valence-corrected chi connectivity index (χ3v) is 12.0. The van der Waals surface area contributed by atoms with E-state index in [0.717, 1.165) is 33.9 Å². The maximum absolute atomic E-state index is 13.2. The van der Waals surface area contributed by atoms with Crippen LogP contribution in [0, 0.1) is 0 Å². The van der Waals surface area contributed by atoms with Gasteiger partial charge < -0.3 is 33.5 Å². The van der Waals surface area contributed by atoms with Gasteiger partial charge in [0.05, 0.1) is 65.3 Å². The first kappa shape index (κ1) is 52.0. The number of carbonyl (C=O) groups excluding carboxylic acids is 1.